The molecule has 1 saturated heterocycles. The Balaban J connectivity index is 1.94. The van der Waals surface area contributed by atoms with Gasteiger partial charge in [0.1, 0.15) is 0 Å². The van der Waals surface area contributed by atoms with Crippen LogP contribution in [0.1, 0.15) is 9.75 Å². The maximum atomic E-state index is 12.0. The van der Waals surface area contributed by atoms with Gasteiger partial charge in [-0.3, -0.25) is 4.79 Å². The molecule has 1 aromatic heterocycles. The lowest BCUT2D eigenvalue weighted by Gasteiger charge is -2.30. The van der Waals surface area contributed by atoms with Crippen LogP contribution in [0.2, 0.25) is 0 Å². The number of carbonyl (C=O) groups is 2. The Bertz CT molecular complexity index is 457. The second kappa shape index (κ2) is 5.49. The number of amides is 1. The molecule has 6 heteroatoms. The molecule has 0 bridgehead atoms. The summed E-state index contributed by atoms with van der Waals surface area (Å²) in [6.45, 7) is 2.88. The summed E-state index contributed by atoms with van der Waals surface area (Å²) in [4.78, 5) is 26.6. The van der Waals surface area contributed by atoms with E-state index < -0.39 is 12.1 Å². The lowest BCUT2D eigenvalue weighted by Crippen LogP contribution is -2.48. The highest BCUT2D eigenvalue weighted by molar-refractivity contribution is 7.12. The van der Waals surface area contributed by atoms with Gasteiger partial charge in [-0.25, -0.2) is 4.79 Å². The standard InChI is InChI=1S/C12H15NO4S/c1-8-2-3-9(18-8)6-11(14)13-4-5-17-10(7-13)12(15)16/h2-3,10H,4-7H2,1H3,(H,15,16)/t10-/m1/s1. The molecule has 0 saturated carbocycles. The number of carboxylic acids is 1. The summed E-state index contributed by atoms with van der Waals surface area (Å²) in [5.74, 6) is -1.05. The second-order valence-corrected chi connectivity index (χ2v) is 5.60. The molecule has 1 aliphatic heterocycles. The highest BCUT2D eigenvalue weighted by Crippen LogP contribution is 2.17. The molecule has 5 nitrogen and oxygen atoms in total. The Morgan fingerprint density at radius 1 is 1.56 bits per heavy atom. The van der Waals surface area contributed by atoms with Crippen molar-refractivity contribution in [2.24, 2.45) is 0 Å². The fourth-order valence-electron chi connectivity index (χ4n) is 1.87. The van der Waals surface area contributed by atoms with Gasteiger partial charge in [-0.2, -0.15) is 0 Å². The van der Waals surface area contributed by atoms with Crippen LogP contribution in [0, 0.1) is 6.92 Å². The van der Waals surface area contributed by atoms with Crippen molar-refractivity contribution in [1.29, 1.82) is 0 Å². The van der Waals surface area contributed by atoms with Gasteiger partial charge in [0.15, 0.2) is 6.10 Å². The predicted octanol–water partition coefficient (Wildman–Crippen LogP) is 0.911. The van der Waals surface area contributed by atoms with Crippen LogP contribution in [-0.2, 0) is 20.7 Å². The number of nitrogens with zero attached hydrogens (tertiary/aromatic N) is 1. The zero-order valence-electron chi connectivity index (χ0n) is 10.1. The van der Waals surface area contributed by atoms with E-state index in [-0.39, 0.29) is 19.1 Å². The number of thiophene rings is 1. The average molecular weight is 269 g/mol. The van der Waals surface area contributed by atoms with Crippen molar-refractivity contribution < 1.29 is 19.4 Å². The maximum Gasteiger partial charge on any atom is 0.334 e. The third kappa shape index (κ3) is 3.08. The van der Waals surface area contributed by atoms with Crippen LogP contribution < -0.4 is 0 Å². The van der Waals surface area contributed by atoms with Crippen LogP contribution in [0.3, 0.4) is 0 Å². The van der Waals surface area contributed by atoms with E-state index in [0.717, 1.165) is 4.88 Å². The minimum atomic E-state index is -1.01. The van der Waals surface area contributed by atoms with Crippen LogP contribution in [-0.4, -0.2) is 47.7 Å². The molecule has 1 aromatic rings. The van der Waals surface area contributed by atoms with E-state index in [1.807, 2.05) is 19.1 Å². The highest BCUT2D eigenvalue weighted by Gasteiger charge is 2.28. The van der Waals surface area contributed by atoms with Gasteiger partial charge < -0.3 is 14.7 Å². The topological polar surface area (TPSA) is 66.8 Å². The molecule has 0 aliphatic carbocycles. The SMILES string of the molecule is Cc1ccc(CC(=O)N2CCO[C@@H](C(=O)O)C2)s1. The lowest BCUT2D eigenvalue weighted by atomic mass is 10.2. The van der Waals surface area contributed by atoms with Gasteiger partial charge in [-0.05, 0) is 19.1 Å². The van der Waals surface area contributed by atoms with E-state index in [2.05, 4.69) is 0 Å². The van der Waals surface area contributed by atoms with Crippen LogP contribution in [0.25, 0.3) is 0 Å². The molecule has 0 radical (unpaired) electrons. The Hall–Kier alpha value is -1.40. The third-order valence-electron chi connectivity index (χ3n) is 2.82. The zero-order chi connectivity index (χ0) is 13.1. The summed E-state index contributed by atoms with van der Waals surface area (Å²) >= 11 is 1.59. The van der Waals surface area contributed by atoms with Crippen molar-refractivity contribution in [3.63, 3.8) is 0 Å². The largest absolute Gasteiger partial charge is 0.479 e. The molecule has 0 aromatic carbocycles. The molecule has 1 atom stereocenters. The van der Waals surface area contributed by atoms with Crippen LogP contribution in [0.15, 0.2) is 12.1 Å². The molecular weight excluding hydrogens is 254 g/mol. The molecule has 1 N–H and O–H groups in total. The Morgan fingerprint density at radius 3 is 2.94 bits per heavy atom. The van der Waals surface area contributed by atoms with E-state index in [0.29, 0.717) is 13.0 Å². The average Bonchev–Trinajstić information content (AvgIpc) is 2.75. The summed E-state index contributed by atoms with van der Waals surface area (Å²) < 4.78 is 5.08. The van der Waals surface area contributed by atoms with Crippen molar-refractivity contribution in [2.75, 3.05) is 19.7 Å². The van der Waals surface area contributed by atoms with Crippen LogP contribution in [0.4, 0.5) is 0 Å². The molecule has 0 unspecified atom stereocenters. The van der Waals surface area contributed by atoms with Crippen molar-refractivity contribution in [3.8, 4) is 0 Å². The number of hydrogen-bond acceptors (Lipinski definition) is 4. The second-order valence-electron chi connectivity index (χ2n) is 4.23. The number of ether oxygens (including phenoxy) is 1. The van der Waals surface area contributed by atoms with Crippen molar-refractivity contribution >= 4 is 23.2 Å². The molecule has 98 valence electrons. The van der Waals surface area contributed by atoms with Crippen LogP contribution in [0.5, 0.6) is 0 Å². The number of carbonyl (C=O) groups excluding carboxylic acids is 1. The van der Waals surface area contributed by atoms with Crippen molar-refractivity contribution in [3.05, 3.63) is 21.9 Å². The fourth-order valence-corrected chi connectivity index (χ4v) is 2.75. The number of carboxylic acid groups (broad SMARTS) is 1. The molecule has 1 amide bonds. The summed E-state index contributed by atoms with van der Waals surface area (Å²) in [5.41, 5.74) is 0. The smallest absolute Gasteiger partial charge is 0.334 e. The third-order valence-corrected chi connectivity index (χ3v) is 3.82. The van der Waals surface area contributed by atoms with Crippen LogP contribution >= 0.6 is 11.3 Å². The molecule has 2 heterocycles. The molecule has 1 fully saturated rings. The van der Waals surface area contributed by atoms with Gasteiger partial charge in [0.05, 0.1) is 19.6 Å². The monoisotopic (exact) mass is 269 g/mol. The van der Waals surface area contributed by atoms with E-state index in [4.69, 9.17) is 9.84 Å². The number of aryl methyl sites for hydroxylation is 1. The van der Waals surface area contributed by atoms with Crippen molar-refractivity contribution in [2.45, 2.75) is 19.4 Å². The van der Waals surface area contributed by atoms with Gasteiger partial charge in [0.25, 0.3) is 0 Å². The molecule has 2 rings (SSSR count). The van der Waals surface area contributed by atoms with Crippen molar-refractivity contribution in [1.82, 2.24) is 4.90 Å². The summed E-state index contributed by atoms with van der Waals surface area (Å²) in [5, 5.41) is 8.87. The number of aliphatic carboxylic acids is 1. The minimum absolute atomic E-state index is 0.0357. The summed E-state index contributed by atoms with van der Waals surface area (Å²) in [6, 6.07) is 3.92. The summed E-state index contributed by atoms with van der Waals surface area (Å²) in [6.07, 6.45) is -0.557. The van der Waals surface area contributed by atoms with Gasteiger partial charge >= 0.3 is 5.97 Å². The first kappa shape index (κ1) is 13.0. The first-order valence-electron chi connectivity index (χ1n) is 5.74. The first-order chi connectivity index (χ1) is 8.56. The Labute approximate surface area is 109 Å². The van der Waals surface area contributed by atoms with E-state index in [1.165, 1.54) is 4.88 Å². The maximum absolute atomic E-state index is 12.0. The first-order valence-corrected chi connectivity index (χ1v) is 6.55. The highest BCUT2D eigenvalue weighted by atomic mass is 32.1. The van der Waals surface area contributed by atoms with E-state index >= 15 is 0 Å². The number of rotatable bonds is 3. The van der Waals surface area contributed by atoms with Gasteiger partial charge in [-0.1, -0.05) is 0 Å². The number of hydrogen-bond donors (Lipinski definition) is 1. The summed E-state index contributed by atoms with van der Waals surface area (Å²) in [7, 11) is 0. The fraction of sp³-hybridized carbons (Fsp3) is 0.500. The Kier molecular flexibility index (Phi) is 3.98. The molecule has 1 aliphatic rings. The normalized spacial score (nSPS) is 19.8. The molecular formula is C12H15NO4S. The quantitative estimate of drug-likeness (QED) is 0.885. The van der Waals surface area contributed by atoms with Gasteiger partial charge in [-0.15, -0.1) is 11.3 Å². The van der Waals surface area contributed by atoms with E-state index in [1.54, 1.807) is 16.2 Å². The molecule has 0 spiro atoms. The van der Waals surface area contributed by atoms with Gasteiger partial charge in [0, 0.05) is 16.3 Å². The number of morpholine rings is 1. The van der Waals surface area contributed by atoms with E-state index in [9.17, 15) is 9.59 Å². The minimum Gasteiger partial charge on any atom is -0.479 e. The predicted molar refractivity (Wildman–Crippen MR) is 66.7 cm³/mol. The zero-order valence-corrected chi connectivity index (χ0v) is 10.9. The lowest BCUT2D eigenvalue weighted by molar-refractivity contribution is -0.159. The van der Waals surface area contributed by atoms with Gasteiger partial charge in [0.2, 0.25) is 5.91 Å². The Morgan fingerprint density at radius 2 is 2.33 bits per heavy atom. The molecule has 18 heavy (non-hydrogen) atoms.